The fraction of sp³-hybridized carbons (Fsp3) is 0.615. The van der Waals surface area contributed by atoms with Gasteiger partial charge in [-0.05, 0) is 31.4 Å². The lowest BCUT2D eigenvalue weighted by Crippen LogP contribution is -2.39. The Balaban J connectivity index is 1.98. The van der Waals surface area contributed by atoms with Gasteiger partial charge in [0.15, 0.2) is 0 Å². The number of aliphatic hydroxyl groups excluding tert-OH is 1. The van der Waals surface area contributed by atoms with E-state index in [2.05, 4.69) is 4.98 Å². The van der Waals surface area contributed by atoms with Gasteiger partial charge in [0.2, 0.25) is 0 Å². The molecule has 1 aliphatic rings. The van der Waals surface area contributed by atoms with E-state index >= 15 is 0 Å². The van der Waals surface area contributed by atoms with E-state index in [4.69, 9.17) is 0 Å². The monoisotopic (exact) mass is 274 g/mol. The number of aromatic nitrogens is 1. The van der Waals surface area contributed by atoms with Crippen LogP contribution in [0.1, 0.15) is 31.4 Å². The summed E-state index contributed by atoms with van der Waals surface area (Å²) in [6.07, 6.45) is -2.88. The van der Waals surface area contributed by atoms with Crippen LogP contribution in [-0.2, 0) is 0 Å². The molecule has 0 bridgehead atoms. The van der Waals surface area contributed by atoms with Crippen LogP contribution in [-0.4, -0.2) is 29.4 Å². The normalized spacial score (nSPS) is 19.5. The van der Waals surface area contributed by atoms with Gasteiger partial charge in [0, 0.05) is 19.3 Å². The van der Waals surface area contributed by atoms with Gasteiger partial charge in [-0.25, -0.2) is 4.98 Å². The average molecular weight is 274 g/mol. The fourth-order valence-corrected chi connectivity index (χ4v) is 2.27. The van der Waals surface area contributed by atoms with E-state index in [0.717, 1.165) is 0 Å². The Morgan fingerprint density at radius 2 is 1.95 bits per heavy atom. The van der Waals surface area contributed by atoms with Crippen LogP contribution >= 0.6 is 0 Å². The summed E-state index contributed by atoms with van der Waals surface area (Å²) in [6.45, 7) is 2.38. The third kappa shape index (κ3) is 3.37. The largest absolute Gasteiger partial charge is 0.391 e. The van der Waals surface area contributed by atoms with Gasteiger partial charge < -0.3 is 10.0 Å². The molecule has 1 fully saturated rings. The number of rotatable bonds is 2. The molecule has 19 heavy (non-hydrogen) atoms. The van der Waals surface area contributed by atoms with Crippen molar-refractivity contribution in [3.63, 3.8) is 0 Å². The maximum atomic E-state index is 12.6. The van der Waals surface area contributed by atoms with Crippen LogP contribution in [0.25, 0.3) is 0 Å². The van der Waals surface area contributed by atoms with Crippen LogP contribution in [0.2, 0.25) is 0 Å². The van der Waals surface area contributed by atoms with E-state index < -0.39 is 18.2 Å². The molecule has 0 unspecified atom stereocenters. The van der Waals surface area contributed by atoms with Crippen LogP contribution in [0.15, 0.2) is 18.3 Å². The van der Waals surface area contributed by atoms with E-state index in [-0.39, 0.29) is 12.8 Å². The molecule has 2 heterocycles. The Hall–Kier alpha value is -1.30. The Morgan fingerprint density at radius 3 is 2.37 bits per heavy atom. The highest BCUT2D eigenvalue weighted by molar-refractivity contribution is 5.40. The van der Waals surface area contributed by atoms with Gasteiger partial charge in [0.1, 0.15) is 5.82 Å². The summed E-state index contributed by atoms with van der Waals surface area (Å²) in [4.78, 5) is 6.05. The third-order valence-electron chi connectivity index (χ3n) is 3.54. The number of aliphatic hydroxyl groups is 1. The van der Waals surface area contributed by atoms with Crippen molar-refractivity contribution in [2.24, 2.45) is 5.92 Å². The van der Waals surface area contributed by atoms with Gasteiger partial charge in [-0.3, -0.25) is 0 Å². The van der Waals surface area contributed by atoms with Crippen LogP contribution in [0.3, 0.4) is 0 Å². The molecular formula is C13H17F3N2O. The zero-order valence-electron chi connectivity index (χ0n) is 10.7. The Kier molecular flexibility index (Phi) is 3.99. The Morgan fingerprint density at radius 1 is 1.32 bits per heavy atom. The summed E-state index contributed by atoms with van der Waals surface area (Å²) < 4.78 is 37.7. The molecule has 1 aromatic rings. The van der Waals surface area contributed by atoms with Crippen molar-refractivity contribution in [1.82, 2.24) is 4.98 Å². The van der Waals surface area contributed by atoms with Crippen LogP contribution in [0.5, 0.6) is 0 Å². The minimum absolute atomic E-state index is 0.114. The molecule has 3 nitrogen and oxygen atoms in total. The second-order valence-electron chi connectivity index (χ2n) is 4.93. The predicted octanol–water partition coefficient (Wildman–Crippen LogP) is 2.91. The standard InChI is InChI=1S/C13H17F3N2O/c1-9(19)10-2-3-12(17-8-10)18-6-4-11(5-7-18)13(14,15)16/h2-3,8-9,11,19H,4-7H2,1H3/t9-/m1/s1. The van der Waals surface area contributed by atoms with Gasteiger partial charge in [0.25, 0.3) is 0 Å². The summed E-state index contributed by atoms with van der Waals surface area (Å²) in [5.74, 6) is -0.523. The first-order valence-corrected chi connectivity index (χ1v) is 6.33. The SMILES string of the molecule is C[C@@H](O)c1ccc(N2CCC(C(F)(F)F)CC2)nc1. The third-order valence-corrected chi connectivity index (χ3v) is 3.54. The molecule has 106 valence electrons. The number of nitrogens with zero attached hydrogens (tertiary/aromatic N) is 2. The molecule has 1 aromatic heterocycles. The van der Waals surface area contributed by atoms with Gasteiger partial charge in [-0.2, -0.15) is 13.2 Å². The molecule has 0 radical (unpaired) electrons. The highest BCUT2D eigenvalue weighted by Crippen LogP contribution is 2.35. The van der Waals surface area contributed by atoms with Crippen molar-refractivity contribution >= 4 is 5.82 Å². The number of piperidine rings is 1. The predicted molar refractivity (Wildman–Crippen MR) is 65.9 cm³/mol. The molecule has 1 atom stereocenters. The second-order valence-corrected chi connectivity index (χ2v) is 4.93. The first kappa shape index (κ1) is 14.1. The summed E-state index contributed by atoms with van der Waals surface area (Å²) in [7, 11) is 0. The van der Waals surface area contributed by atoms with E-state index in [1.165, 1.54) is 0 Å². The molecule has 0 aliphatic carbocycles. The summed E-state index contributed by atoms with van der Waals surface area (Å²) in [5, 5.41) is 9.37. The number of pyridine rings is 1. The van der Waals surface area contributed by atoms with Gasteiger partial charge in [-0.1, -0.05) is 6.07 Å². The first-order chi connectivity index (χ1) is 8.88. The smallest absolute Gasteiger partial charge is 0.389 e. The summed E-state index contributed by atoms with van der Waals surface area (Å²) >= 11 is 0. The lowest BCUT2D eigenvalue weighted by molar-refractivity contribution is -0.179. The molecular weight excluding hydrogens is 257 g/mol. The van der Waals surface area contributed by atoms with Crippen LogP contribution < -0.4 is 4.90 Å². The van der Waals surface area contributed by atoms with Crippen molar-refractivity contribution in [2.75, 3.05) is 18.0 Å². The van der Waals surface area contributed by atoms with Crippen molar-refractivity contribution < 1.29 is 18.3 Å². The molecule has 1 N–H and O–H groups in total. The molecule has 0 saturated carbocycles. The molecule has 2 rings (SSSR count). The highest BCUT2D eigenvalue weighted by atomic mass is 19.4. The Labute approximate surface area is 110 Å². The van der Waals surface area contributed by atoms with Gasteiger partial charge in [0.05, 0.1) is 12.0 Å². The molecule has 0 amide bonds. The fourth-order valence-electron chi connectivity index (χ4n) is 2.27. The van der Waals surface area contributed by atoms with Crippen molar-refractivity contribution in [3.8, 4) is 0 Å². The number of halogens is 3. The highest BCUT2D eigenvalue weighted by Gasteiger charge is 2.41. The van der Waals surface area contributed by atoms with Gasteiger partial charge in [-0.15, -0.1) is 0 Å². The van der Waals surface area contributed by atoms with Crippen molar-refractivity contribution in [3.05, 3.63) is 23.9 Å². The quantitative estimate of drug-likeness (QED) is 0.900. The minimum Gasteiger partial charge on any atom is -0.389 e. The Bertz CT molecular complexity index is 409. The summed E-state index contributed by atoms with van der Waals surface area (Å²) in [5.41, 5.74) is 0.703. The van der Waals surface area contributed by atoms with Crippen molar-refractivity contribution in [1.29, 1.82) is 0 Å². The molecule has 6 heteroatoms. The van der Waals surface area contributed by atoms with Crippen LogP contribution in [0.4, 0.5) is 19.0 Å². The van der Waals surface area contributed by atoms with E-state index in [1.807, 2.05) is 4.90 Å². The van der Waals surface area contributed by atoms with E-state index in [9.17, 15) is 18.3 Å². The topological polar surface area (TPSA) is 36.4 Å². The second kappa shape index (κ2) is 5.36. The maximum absolute atomic E-state index is 12.6. The van der Waals surface area contributed by atoms with Crippen molar-refractivity contribution in [2.45, 2.75) is 32.0 Å². The lowest BCUT2D eigenvalue weighted by atomic mass is 9.96. The average Bonchev–Trinajstić information content (AvgIpc) is 2.38. The number of alkyl halides is 3. The number of hydrogen-bond acceptors (Lipinski definition) is 3. The first-order valence-electron chi connectivity index (χ1n) is 6.33. The molecule has 1 aliphatic heterocycles. The number of hydrogen-bond donors (Lipinski definition) is 1. The van der Waals surface area contributed by atoms with E-state index in [0.29, 0.717) is 24.5 Å². The zero-order chi connectivity index (χ0) is 14.0. The zero-order valence-corrected chi connectivity index (χ0v) is 10.7. The van der Waals surface area contributed by atoms with Gasteiger partial charge >= 0.3 is 6.18 Å². The lowest BCUT2D eigenvalue weighted by Gasteiger charge is -2.33. The number of anilines is 1. The maximum Gasteiger partial charge on any atom is 0.391 e. The molecule has 0 spiro atoms. The summed E-state index contributed by atoms with van der Waals surface area (Å²) in [6, 6.07) is 3.50. The van der Waals surface area contributed by atoms with Crippen LogP contribution in [0, 0.1) is 5.92 Å². The molecule has 1 saturated heterocycles. The minimum atomic E-state index is -4.09. The molecule has 0 aromatic carbocycles. The van der Waals surface area contributed by atoms with E-state index in [1.54, 1.807) is 25.3 Å².